The number of hydrogen-bond donors (Lipinski definition) is 1. The lowest BCUT2D eigenvalue weighted by molar-refractivity contribution is -0.136. The van der Waals surface area contributed by atoms with Gasteiger partial charge >= 0.3 is 6.18 Å². The summed E-state index contributed by atoms with van der Waals surface area (Å²) in [4.78, 5) is 28.7. The van der Waals surface area contributed by atoms with Crippen LogP contribution in [0.4, 0.5) is 13.2 Å². The number of amides is 1. The van der Waals surface area contributed by atoms with Gasteiger partial charge in [0, 0.05) is 6.04 Å². The molecule has 25 heavy (non-hydrogen) atoms. The summed E-state index contributed by atoms with van der Waals surface area (Å²) >= 11 is 0.951. The van der Waals surface area contributed by atoms with E-state index < -0.39 is 18.6 Å². The summed E-state index contributed by atoms with van der Waals surface area (Å²) < 4.78 is 37.9. The van der Waals surface area contributed by atoms with Gasteiger partial charge in [-0.05, 0) is 25.5 Å². The van der Waals surface area contributed by atoms with Crippen molar-refractivity contribution in [2.75, 3.05) is 12.3 Å². The molecule has 0 saturated carbocycles. The van der Waals surface area contributed by atoms with E-state index in [1.165, 1.54) is 4.57 Å². The molecular weight excluding hydrogens is 355 g/mol. The van der Waals surface area contributed by atoms with Gasteiger partial charge in [0.1, 0.15) is 6.54 Å². The van der Waals surface area contributed by atoms with Crippen molar-refractivity contribution in [3.8, 4) is 0 Å². The predicted octanol–water partition coefficient (Wildman–Crippen LogP) is 3.14. The first-order chi connectivity index (χ1) is 11.7. The van der Waals surface area contributed by atoms with E-state index in [9.17, 15) is 22.8 Å². The Morgan fingerprint density at radius 1 is 1.36 bits per heavy atom. The molecule has 0 aliphatic rings. The van der Waals surface area contributed by atoms with Crippen molar-refractivity contribution in [2.24, 2.45) is 0 Å². The zero-order valence-electron chi connectivity index (χ0n) is 13.8. The highest BCUT2D eigenvalue weighted by Crippen LogP contribution is 2.22. The summed E-state index contributed by atoms with van der Waals surface area (Å²) in [5, 5.41) is 2.59. The van der Waals surface area contributed by atoms with Gasteiger partial charge < -0.3 is 5.32 Å². The molecule has 5 nitrogen and oxygen atoms in total. The van der Waals surface area contributed by atoms with Gasteiger partial charge in [-0.1, -0.05) is 30.8 Å². The SMILES string of the molecule is CC[C@@H](C)n1c(SCC(=O)NCC(F)(F)F)nc2ccccc2c1=O. The number of carbonyl (C=O) groups excluding carboxylic acids is 1. The number of halogens is 3. The van der Waals surface area contributed by atoms with Gasteiger partial charge in [-0.2, -0.15) is 13.2 Å². The van der Waals surface area contributed by atoms with Crippen LogP contribution in [-0.4, -0.2) is 33.9 Å². The van der Waals surface area contributed by atoms with Crippen molar-refractivity contribution in [3.05, 3.63) is 34.6 Å². The van der Waals surface area contributed by atoms with Crippen molar-refractivity contribution in [3.63, 3.8) is 0 Å². The Bertz CT molecular complexity index is 820. The fourth-order valence-corrected chi connectivity index (χ4v) is 3.11. The molecule has 136 valence electrons. The van der Waals surface area contributed by atoms with Crippen LogP contribution in [0.5, 0.6) is 0 Å². The Labute approximate surface area is 146 Å². The van der Waals surface area contributed by atoms with E-state index in [1.54, 1.807) is 24.3 Å². The van der Waals surface area contributed by atoms with Crippen LogP contribution < -0.4 is 10.9 Å². The number of rotatable bonds is 6. The second kappa shape index (κ2) is 7.90. The molecule has 0 bridgehead atoms. The quantitative estimate of drug-likeness (QED) is 0.624. The highest BCUT2D eigenvalue weighted by atomic mass is 32.2. The minimum absolute atomic E-state index is 0.148. The number of benzene rings is 1. The average Bonchev–Trinajstić information content (AvgIpc) is 2.57. The Morgan fingerprint density at radius 3 is 2.68 bits per heavy atom. The minimum atomic E-state index is -4.46. The van der Waals surface area contributed by atoms with Crippen LogP contribution in [0.25, 0.3) is 10.9 Å². The molecule has 1 aromatic heterocycles. The van der Waals surface area contributed by atoms with Gasteiger partial charge in [-0.15, -0.1) is 0 Å². The largest absolute Gasteiger partial charge is 0.405 e. The summed E-state index contributed by atoms with van der Waals surface area (Å²) in [5.74, 6) is -1.02. The van der Waals surface area contributed by atoms with Gasteiger partial charge in [-0.25, -0.2) is 4.98 Å². The summed E-state index contributed by atoms with van der Waals surface area (Å²) in [7, 11) is 0. The molecule has 0 unspecified atom stereocenters. The Balaban J connectivity index is 2.27. The molecule has 1 heterocycles. The molecular formula is C16H18F3N3O2S. The molecule has 0 saturated heterocycles. The highest BCUT2D eigenvalue weighted by Gasteiger charge is 2.27. The Morgan fingerprint density at radius 2 is 2.04 bits per heavy atom. The van der Waals surface area contributed by atoms with Crippen molar-refractivity contribution in [2.45, 2.75) is 37.6 Å². The van der Waals surface area contributed by atoms with Gasteiger partial charge in [0.2, 0.25) is 5.91 Å². The third-order valence-electron chi connectivity index (χ3n) is 3.63. The van der Waals surface area contributed by atoms with Crippen molar-refractivity contribution >= 4 is 28.6 Å². The Hall–Kier alpha value is -2.03. The van der Waals surface area contributed by atoms with Gasteiger partial charge in [0.15, 0.2) is 5.16 Å². The smallest absolute Gasteiger partial charge is 0.346 e. The van der Waals surface area contributed by atoms with E-state index in [2.05, 4.69) is 4.98 Å². The topological polar surface area (TPSA) is 64.0 Å². The number of aromatic nitrogens is 2. The second-order valence-corrected chi connectivity index (χ2v) is 6.47. The molecule has 0 fully saturated rings. The molecule has 0 spiro atoms. The normalized spacial score (nSPS) is 13.0. The van der Waals surface area contributed by atoms with Crippen LogP contribution in [0.2, 0.25) is 0 Å². The summed E-state index contributed by atoms with van der Waals surface area (Å²) in [6, 6.07) is 6.70. The fourth-order valence-electron chi connectivity index (χ4n) is 2.18. The van der Waals surface area contributed by atoms with Gasteiger partial charge in [0.25, 0.3) is 5.56 Å². The molecule has 2 rings (SSSR count). The molecule has 1 N–H and O–H groups in total. The number of carbonyl (C=O) groups is 1. The number of nitrogens with zero attached hydrogens (tertiary/aromatic N) is 2. The molecule has 1 aromatic carbocycles. The van der Waals surface area contributed by atoms with Gasteiger partial charge in [0.05, 0.1) is 16.7 Å². The number of para-hydroxylation sites is 1. The van der Waals surface area contributed by atoms with E-state index in [0.717, 1.165) is 11.8 Å². The molecule has 1 amide bonds. The third kappa shape index (κ3) is 4.97. The number of fused-ring (bicyclic) bond motifs is 1. The standard InChI is InChI=1S/C16H18F3N3O2S/c1-3-10(2)22-14(24)11-6-4-5-7-12(11)21-15(22)25-8-13(23)20-9-16(17,18)19/h4-7,10H,3,8-9H2,1-2H3,(H,20,23)/t10-/m1/s1. The lowest BCUT2D eigenvalue weighted by Gasteiger charge is -2.18. The Kier molecular flexibility index (Phi) is 6.10. The van der Waals surface area contributed by atoms with Crippen LogP contribution in [0.1, 0.15) is 26.3 Å². The predicted molar refractivity (Wildman–Crippen MR) is 90.8 cm³/mol. The first kappa shape index (κ1) is 19.3. The maximum Gasteiger partial charge on any atom is 0.405 e. The van der Waals surface area contributed by atoms with Gasteiger partial charge in [-0.3, -0.25) is 14.2 Å². The van der Waals surface area contributed by atoms with Crippen molar-refractivity contribution in [1.82, 2.24) is 14.9 Å². The highest BCUT2D eigenvalue weighted by molar-refractivity contribution is 7.99. The van der Waals surface area contributed by atoms with E-state index in [4.69, 9.17) is 0 Å². The number of thioether (sulfide) groups is 1. The van der Waals surface area contributed by atoms with Crippen LogP contribution in [-0.2, 0) is 4.79 Å². The van der Waals surface area contributed by atoms with E-state index in [-0.39, 0.29) is 17.4 Å². The fraction of sp³-hybridized carbons (Fsp3) is 0.438. The number of hydrogen-bond acceptors (Lipinski definition) is 4. The minimum Gasteiger partial charge on any atom is -0.346 e. The summed E-state index contributed by atoms with van der Waals surface area (Å²) in [6.07, 6.45) is -3.78. The van der Waals surface area contributed by atoms with Crippen LogP contribution in [0.15, 0.2) is 34.2 Å². The number of nitrogens with one attached hydrogen (secondary N) is 1. The van der Waals surface area contributed by atoms with Crippen LogP contribution >= 0.6 is 11.8 Å². The lowest BCUT2D eigenvalue weighted by Crippen LogP contribution is -2.35. The zero-order chi connectivity index (χ0) is 18.6. The molecule has 9 heteroatoms. The lowest BCUT2D eigenvalue weighted by atomic mass is 10.2. The molecule has 2 aromatic rings. The van der Waals surface area contributed by atoms with Crippen molar-refractivity contribution in [1.29, 1.82) is 0 Å². The second-order valence-electron chi connectivity index (χ2n) is 5.52. The third-order valence-corrected chi connectivity index (χ3v) is 4.58. The molecule has 0 aliphatic carbocycles. The van der Waals surface area contributed by atoms with Crippen LogP contribution in [0.3, 0.4) is 0 Å². The molecule has 0 aliphatic heterocycles. The van der Waals surface area contributed by atoms with E-state index in [1.807, 2.05) is 19.2 Å². The van der Waals surface area contributed by atoms with Crippen molar-refractivity contribution < 1.29 is 18.0 Å². The first-order valence-corrected chi connectivity index (χ1v) is 8.69. The molecule has 0 radical (unpaired) electrons. The van der Waals surface area contributed by atoms with E-state index in [0.29, 0.717) is 22.5 Å². The average molecular weight is 373 g/mol. The van der Waals surface area contributed by atoms with E-state index >= 15 is 0 Å². The monoisotopic (exact) mass is 373 g/mol. The maximum atomic E-state index is 12.7. The molecule has 1 atom stereocenters. The summed E-state index contributed by atoms with van der Waals surface area (Å²) in [5.41, 5.74) is 0.267. The zero-order valence-corrected chi connectivity index (χ0v) is 14.6. The number of alkyl halides is 3. The first-order valence-electron chi connectivity index (χ1n) is 7.70. The maximum absolute atomic E-state index is 12.7. The van der Waals surface area contributed by atoms with Crippen LogP contribution in [0, 0.1) is 0 Å². The summed E-state index contributed by atoms with van der Waals surface area (Å²) in [6.45, 7) is 2.39.